The highest BCUT2D eigenvalue weighted by Crippen LogP contribution is 2.33. The lowest BCUT2D eigenvalue weighted by molar-refractivity contribution is 0.244. The Balaban J connectivity index is 2.01. The van der Waals surface area contributed by atoms with Crippen LogP contribution in [0.2, 0.25) is 0 Å². The standard InChI is InChI=1S/C12H18N4/c13-5-4-10-2-1-3-12(6-10)16-9-11(7-14)8-15-16/h8-10,12H,1-6,13H2. The summed E-state index contributed by atoms with van der Waals surface area (Å²) in [6, 6.07) is 2.58. The van der Waals surface area contributed by atoms with Crippen LogP contribution >= 0.6 is 0 Å². The highest BCUT2D eigenvalue weighted by molar-refractivity contribution is 5.21. The van der Waals surface area contributed by atoms with Crippen molar-refractivity contribution < 1.29 is 0 Å². The average molecular weight is 218 g/mol. The highest BCUT2D eigenvalue weighted by Gasteiger charge is 2.23. The minimum absolute atomic E-state index is 0.465. The van der Waals surface area contributed by atoms with E-state index in [2.05, 4.69) is 11.2 Å². The fraction of sp³-hybridized carbons (Fsp3) is 0.667. The van der Waals surface area contributed by atoms with Gasteiger partial charge in [0.2, 0.25) is 0 Å². The summed E-state index contributed by atoms with van der Waals surface area (Å²) in [6.45, 7) is 0.778. The van der Waals surface area contributed by atoms with E-state index in [1.54, 1.807) is 6.20 Å². The Morgan fingerprint density at radius 3 is 3.12 bits per heavy atom. The van der Waals surface area contributed by atoms with E-state index in [4.69, 9.17) is 11.0 Å². The van der Waals surface area contributed by atoms with Crippen molar-refractivity contribution in [1.82, 2.24) is 9.78 Å². The van der Waals surface area contributed by atoms with Crippen molar-refractivity contribution in [2.24, 2.45) is 11.7 Å². The first-order valence-corrected chi connectivity index (χ1v) is 5.98. The van der Waals surface area contributed by atoms with Crippen molar-refractivity contribution in [3.05, 3.63) is 18.0 Å². The first kappa shape index (κ1) is 11.2. The lowest BCUT2D eigenvalue weighted by Gasteiger charge is -2.29. The first-order chi connectivity index (χ1) is 7.83. The van der Waals surface area contributed by atoms with Crippen LogP contribution in [0, 0.1) is 17.2 Å². The van der Waals surface area contributed by atoms with Crippen LogP contribution in [0.25, 0.3) is 0 Å². The van der Waals surface area contributed by atoms with Gasteiger partial charge in [0.05, 0.1) is 17.8 Å². The fourth-order valence-corrected chi connectivity index (χ4v) is 2.60. The summed E-state index contributed by atoms with van der Waals surface area (Å²) in [5.74, 6) is 0.735. The predicted octanol–water partition coefficient (Wildman–Crippen LogP) is 1.83. The molecule has 1 aromatic heterocycles. The second kappa shape index (κ2) is 5.13. The number of hydrogen-bond acceptors (Lipinski definition) is 3. The quantitative estimate of drug-likeness (QED) is 0.841. The van der Waals surface area contributed by atoms with Crippen LogP contribution in [-0.2, 0) is 0 Å². The van der Waals surface area contributed by atoms with E-state index in [1.807, 2.05) is 10.9 Å². The molecule has 16 heavy (non-hydrogen) atoms. The van der Waals surface area contributed by atoms with Gasteiger partial charge in [0.15, 0.2) is 0 Å². The third-order valence-corrected chi connectivity index (χ3v) is 3.43. The summed E-state index contributed by atoms with van der Waals surface area (Å²) < 4.78 is 1.96. The first-order valence-electron chi connectivity index (χ1n) is 5.98. The van der Waals surface area contributed by atoms with E-state index in [0.29, 0.717) is 11.6 Å². The highest BCUT2D eigenvalue weighted by atomic mass is 15.3. The van der Waals surface area contributed by atoms with E-state index in [1.165, 1.54) is 19.3 Å². The number of hydrogen-bond donors (Lipinski definition) is 1. The Labute approximate surface area is 96.0 Å². The zero-order chi connectivity index (χ0) is 11.4. The molecular formula is C12H18N4. The van der Waals surface area contributed by atoms with Gasteiger partial charge in [0.25, 0.3) is 0 Å². The minimum Gasteiger partial charge on any atom is -0.330 e. The molecule has 4 heteroatoms. The molecule has 2 unspecified atom stereocenters. The van der Waals surface area contributed by atoms with E-state index in [-0.39, 0.29) is 0 Å². The number of nitrogens with zero attached hydrogens (tertiary/aromatic N) is 3. The summed E-state index contributed by atoms with van der Waals surface area (Å²) in [5, 5.41) is 13.0. The molecule has 0 radical (unpaired) electrons. The minimum atomic E-state index is 0.465. The van der Waals surface area contributed by atoms with Crippen LogP contribution in [-0.4, -0.2) is 16.3 Å². The number of nitriles is 1. The molecule has 2 N–H and O–H groups in total. The van der Waals surface area contributed by atoms with Gasteiger partial charge in [-0.15, -0.1) is 0 Å². The van der Waals surface area contributed by atoms with Crippen LogP contribution in [0.5, 0.6) is 0 Å². The Morgan fingerprint density at radius 1 is 1.56 bits per heavy atom. The summed E-state index contributed by atoms with van der Waals surface area (Å²) in [6.07, 6.45) is 9.49. The summed E-state index contributed by atoms with van der Waals surface area (Å²) in [4.78, 5) is 0. The van der Waals surface area contributed by atoms with E-state index >= 15 is 0 Å². The van der Waals surface area contributed by atoms with Gasteiger partial charge < -0.3 is 5.73 Å². The third kappa shape index (κ3) is 2.42. The molecule has 0 spiro atoms. The second-order valence-corrected chi connectivity index (χ2v) is 4.58. The van der Waals surface area contributed by atoms with Crippen molar-refractivity contribution in [2.75, 3.05) is 6.54 Å². The molecule has 0 saturated heterocycles. The normalized spacial score (nSPS) is 25.2. The summed E-state index contributed by atoms with van der Waals surface area (Å²) in [7, 11) is 0. The van der Waals surface area contributed by atoms with Crippen LogP contribution in [0.3, 0.4) is 0 Å². The molecule has 0 bridgehead atoms. The van der Waals surface area contributed by atoms with Gasteiger partial charge in [0.1, 0.15) is 6.07 Å². The lowest BCUT2D eigenvalue weighted by atomic mass is 9.84. The molecule has 1 saturated carbocycles. The smallest absolute Gasteiger partial charge is 0.102 e. The van der Waals surface area contributed by atoms with Crippen molar-refractivity contribution in [3.63, 3.8) is 0 Å². The maximum atomic E-state index is 8.77. The lowest BCUT2D eigenvalue weighted by Crippen LogP contribution is -2.21. The van der Waals surface area contributed by atoms with Gasteiger partial charge in [0, 0.05) is 6.20 Å². The molecule has 1 aromatic rings. The van der Waals surface area contributed by atoms with Crippen LogP contribution in [0.1, 0.15) is 43.7 Å². The molecule has 1 fully saturated rings. The molecular weight excluding hydrogens is 200 g/mol. The molecule has 0 aromatic carbocycles. The predicted molar refractivity (Wildman–Crippen MR) is 61.6 cm³/mol. The number of nitrogens with two attached hydrogens (primary N) is 1. The molecule has 2 atom stereocenters. The Kier molecular flexibility index (Phi) is 3.58. The van der Waals surface area contributed by atoms with Crippen molar-refractivity contribution >= 4 is 0 Å². The molecule has 2 rings (SSSR count). The number of aromatic nitrogens is 2. The SMILES string of the molecule is N#Cc1cnn(C2CCCC(CCN)C2)c1. The zero-order valence-electron chi connectivity index (χ0n) is 9.47. The van der Waals surface area contributed by atoms with Crippen molar-refractivity contribution in [3.8, 4) is 6.07 Å². The third-order valence-electron chi connectivity index (χ3n) is 3.43. The Hall–Kier alpha value is -1.34. The Morgan fingerprint density at radius 2 is 2.44 bits per heavy atom. The van der Waals surface area contributed by atoms with Gasteiger partial charge in [-0.1, -0.05) is 12.8 Å². The molecule has 0 aliphatic heterocycles. The van der Waals surface area contributed by atoms with Crippen LogP contribution in [0.15, 0.2) is 12.4 Å². The summed E-state index contributed by atoms with van der Waals surface area (Å²) in [5.41, 5.74) is 6.26. The largest absolute Gasteiger partial charge is 0.330 e. The van der Waals surface area contributed by atoms with Crippen molar-refractivity contribution in [2.45, 2.75) is 38.1 Å². The molecule has 86 valence electrons. The molecule has 0 amide bonds. The van der Waals surface area contributed by atoms with Gasteiger partial charge in [-0.05, 0) is 31.7 Å². The number of rotatable bonds is 3. The van der Waals surface area contributed by atoms with E-state index in [0.717, 1.165) is 25.3 Å². The Bertz CT molecular complexity index is 375. The van der Waals surface area contributed by atoms with E-state index < -0.39 is 0 Å². The van der Waals surface area contributed by atoms with Crippen LogP contribution in [0.4, 0.5) is 0 Å². The molecule has 1 heterocycles. The topological polar surface area (TPSA) is 67.6 Å². The molecule has 4 nitrogen and oxygen atoms in total. The molecule has 1 aliphatic rings. The maximum Gasteiger partial charge on any atom is 0.102 e. The monoisotopic (exact) mass is 218 g/mol. The fourth-order valence-electron chi connectivity index (χ4n) is 2.60. The van der Waals surface area contributed by atoms with E-state index in [9.17, 15) is 0 Å². The maximum absolute atomic E-state index is 8.77. The van der Waals surface area contributed by atoms with Gasteiger partial charge in [-0.25, -0.2) is 0 Å². The van der Waals surface area contributed by atoms with Gasteiger partial charge in [-0.2, -0.15) is 10.4 Å². The van der Waals surface area contributed by atoms with Gasteiger partial charge in [-0.3, -0.25) is 4.68 Å². The molecule has 1 aliphatic carbocycles. The average Bonchev–Trinajstić information content (AvgIpc) is 2.78. The van der Waals surface area contributed by atoms with Crippen LogP contribution < -0.4 is 5.73 Å². The zero-order valence-corrected chi connectivity index (χ0v) is 9.47. The summed E-state index contributed by atoms with van der Waals surface area (Å²) >= 11 is 0. The van der Waals surface area contributed by atoms with Gasteiger partial charge >= 0.3 is 0 Å². The van der Waals surface area contributed by atoms with Crippen molar-refractivity contribution in [1.29, 1.82) is 5.26 Å². The second-order valence-electron chi connectivity index (χ2n) is 4.58.